The molecule has 1 atom stereocenters. The van der Waals surface area contributed by atoms with E-state index in [0.717, 1.165) is 37.2 Å². The fourth-order valence-electron chi connectivity index (χ4n) is 2.34. The Morgan fingerprint density at radius 3 is 3.11 bits per heavy atom. The number of ketones is 1. The maximum absolute atomic E-state index is 12.2. The summed E-state index contributed by atoms with van der Waals surface area (Å²) in [6.07, 6.45) is 1.23. The van der Waals surface area contributed by atoms with E-state index in [1.165, 1.54) is 0 Å². The van der Waals surface area contributed by atoms with Crippen LogP contribution in [-0.2, 0) is 4.74 Å². The molecule has 0 aromatic heterocycles. The van der Waals surface area contributed by atoms with Crippen molar-refractivity contribution in [3.05, 3.63) is 35.4 Å². The quantitative estimate of drug-likeness (QED) is 0.768. The van der Waals surface area contributed by atoms with Gasteiger partial charge in [0.25, 0.3) is 0 Å². The minimum atomic E-state index is 0.202. The van der Waals surface area contributed by atoms with Crippen molar-refractivity contribution in [2.24, 2.45) is 0 Å². The third-order valence-electron chi connectivity index (χ3n) is 3.24. The summed E-state index contributed by atoms with van der Waals surface area (Å²) in [6.45, 7) is 7.17. The molecule has 1 aliphatic heterocycles. The molecule has 1 aliphatic rings. The number of benzene rings is 1. The molecule has 0 amide bonds. The molecule has 3 nitrogen and oxygen atoms in total. The molecule has 3 heteroatoms. The van der Waals surface area contributed by atoms with Crippen molar-refractivity contribution in [3.8, 4) is 0 Å². The smallest absolute Gasteiger partial charge is 0.176 e. The van der Waals surface area contributed by atoms with E-state index in [0.29, 0.717) is 6.54 Å². The van der Waals surface area contributed by atoms with Crippen LogP contribution in [0, 0.1) is 6.92 Å². The molecular formula is C15H21NO2. The van der Waals surface area contributed by atoms with Crippen LogP contribution in [0.3, 0.4) is 0 Å². The van der Waals surface area contributed by atoms with Crippen LogP contribution in [0.2, 0.25) is 0 Å². The Morgan fingerprint density at radius 2 is 2.33 bits per heavy atom. The van der Waals surface area contributed by atoms with E-state index in [4.69, 9.17) is 4.74 Å². The zero-order chi connectivity index (χ0) is 13.0. The first-order valence-electron chi connectivity index (χ1n) is 6.59. The highest BCUT2D eigenvalue weighted by atomic mass is 16.5. The van der Waals surface area contributed by atoms with Crippen molar-refractivity contribution in [1.29, 1.82) is 0 Å². The average molecular weight is 247 g/mol. The molecule has 1 fully saturated rings. The van der Waals surface area contributed by atoms with Crippen LogP contribution in [0.4, 0.5) is 0 Å². The monoisotopic (exact) mass is 247 g/mol. The van der Waals surface area contributed by atoms with Gasteiger partial charge in [-0.2, -0.15) is 0 Å². The van der Waals surface area contributed by atoms with Crippen molar-refractivity contribution in [1.82, 2.24) is 4.90 Å². The van der Waals surface area contributed by atoms with Crippen LogP contribution in [0.15, 0.2) is 24.3 Å². The Morgan fingerprint density at radius 1 is 1.50 bits per heavy atom. The van der Waals surface area contributed by atoms with Crippen LogP contribution in [0.5, 0.6) is 0 Å². The lowest BCUT2D eigenvalue weighted by Crippen LogP contribution is -2.34. The van der Waals surface area contributed by atoms with Gasteiger partial charge in [0.1, 0.15) is 0 Å². The Kier molecular flexibility index (Phi) is 4.50. The van der Waals surface area contributed by atoms with E-state index in [1.54, 1.807) is 0 Å². The molecule has 0 aliphatic carbocycles. The highest BCUT2D eigenvalue weighted by molar-refractivity contribution is 5.97. The third-order valence-corrected chi connectivity index (χ3v) is 3.24. The van der Waals surface area contributed by atoms with E-state index in [2.05, 4.69) is 11.8 Å². The Hall–Kier alpha value is -1.19. The number of aryl methyl sites for hydroxylation is 1. The van der Waals surface area contributed by atoms with Gasteiger partial charge < -0.3 is 4.74 Å². The molecule has 1 unspecified atom stereocenters. The normalized spacial score (nSPS) is 21.6. The Bertz CT molecular complexity index is 417. The summed E-state index contributed by atoms with van der Waals surface area (Å²) >= 11 is 0. The van der Waals surface area contributed by atoms with E-state index in [9.17, 15) is 4.79 Å². The SMILES string of the molecule is Cc1cccc(C(=O)CN2CCCOC(C)C2)c1. The molecule has 0 N–H and O–H groups in total. The van der Waals surface area contributed by atoms with Crippen LogP contribution >= 0.6 is 0 Å². The zero-order valence-corrected chi connectivity index (χ0v) is 11.2. The fraction of sp³-hybridized carbons (Fsp3) is 0.533. The molecule has 18 heavy (non-hydrogen) atoms. The van der Waals surface area contributed by atoms with Gasteiger partial charge in [0.2, 0.25) is 0 Å². The van der Waals surface area contributed by atoms with Crippen LogP contribution in [0.1, 0.15) is 29.3 Å². The standard InChI is InChI=1S/C15H21NO2/c1-12-5-3-6-14(9-12)15(17)11-16-7-4-8-18-13(2)10-16/h3,5-6,9,13H,4,7-8,10-11H2,1-2H3. The Labute approximate surface area is 109 Å². The van der Waals surface area contributed by atoms with Gasteiger partial charge in [-0.3, -0.25) is 9.69 Å². The summed E-state index contributed by atoms with van der Waals surface area (Å²) in [7, 11) is 0. The first-order chi connectivity index (χ1) is 8.65. The second kappa shape index (κ2) is 6.12. The van der Waals surface area contributed by atoms with Gasteiger partial charge >= 0.3 is 0 Å². The molecule has 0 bridgehead atoms. The van der Waals surface area contributed by atoms with Crippen molar-refractivity contribution < 1.29 is 9.53 Å². The van der Waals surface area contributed by atoms with E-state index >= 15 is 0 Å². The first-order valence-corrected chi connectivity index (χ1v) is 6.59. The molecule has 1 aromatic rings. The van der Waals surface area contributed by atoms with Gasteiger partial charge in [-0.1, -0.05) is 23.8 Å². The van der Waals surface area contributed by atoms with E-state index < -0.39 is 0 Å². The minimum absolute atomic E-state index is 0.202. The summed E-state index contributed by atoms with van der Waals surface area (Å²) in [5, 5.41) is 0. The number of Topliss-reactive ketones (excluding diaryl/α,β-unsaturated/α-hetero) is 1. The number of carbonyl (C=O) groups excluding carboxylic acids is 1. The summed E-state index contributed by atoms with van der Waals surface area (Å²) < 4.78 is 5.59. The highest BCUT2D eigenvalue weighted by Gasteiger charge is 2.18. The van der Waals surface area contributed by atoms with Gasteiger partial charge in [-0.05, 0) is 26.3 Å². The molecule has 1 heterocycles. The topological polar surface area (TPSA) is 29.5 Å². The number of rotatable bonds is 3. The van der Waals surface area contributed by atoms with Crippen molar-refractivity contribution in [2.45, 2.75) is 26.4 Å². The number of carbonyl (C=O) groups is 1. The van der Waals surface area contributed by atoms with Crippen LogP contribution in [0.25, 0.3) is 0 Å². The van der Waals surface area contributed by atoms with Crippen molar-refractivity contribution >= 4 is 5.78 Å². The molecule has 0 radical (unpaired) electrons. The second-order valence-electron chi connectivity index (χ2n) is 5.06. The predicted octanol–water partition coefficient (Wildman–Crippen LogP) is 2.29. The Balaban J connectivity index is 1.98. The molecule has 1 saturated heterocycles. The lowest BCUT2D eigenvalue weighted by Gasteiger charge is -2.20. The highest BCUT2D eigenvalue weighted by Crippen LogP contribution is 2.09. The van der Waals surface area contributed by atoms with E-state index in [-0.39, 0.29) is 11.9 Å². The van der Waals surface area contributed by atoms with Gasteiger partial charge in [-0.25, -0.2) is 0 Å². The summed E-state index contributed by atoms with van der Waals surface area (Å²) in [6, 6.07) is 7.81. The third kappa shape index (κ3) is 3.65. The average Bonchev–Trinajstić information content (AvgIpc) is 2.53. The van der Waals surface area contributed by atoms with Gasteiger partial charge in [-0.15, -0.1) is 0 Å². The van der Waals surface area contributed by atoms with Gasteiger partial charge in [0.15, 0.2) is 5.78 Å². The molecular weight excluding hydrogens is 226 g/mol. The molecule has 0 spiro atoms. The summed E-state index contributed by atoms with van der Waals surface area (Å²) in [5.74, 6) is 0.202. The largest absolute Gasteiger partial charge is 0.377 e. The molecule has 2 rings (SSSR count). The molecule has 98 valence electrons. The molecule has 1 aromatic carbocycles. The lowest BCUT2D eigenvalue weighted by molar-refractivity contribution is 0.0657. The molecule has 0 saturated carbocycles. The predicted molar refractivity (Wildman–Crippen MR) is 72.0 cm³/mol. The maximum Gasteiger partial charge on any atom is 0.176 e. The summed E-state index contributed by atoms with van der Waals surface area (Å²) in [4.78, 5) is 14.4. The minimum Gasteiger partial charge on any atom is -0.377 e. The van der Waals surface area contributed by atoms with Crippen molar-refractivity contribution in [2.75, 3.05) is 26.2 Å². The summed E-state index contributed by atoms with van der Waals surface area (Å²) in [5.41, 5.74) is 1.95. The van der Waals surface area contributed by atoms with Gasteiger partial charge in [0.05, 0.1) is 12.6 Å². The fourth-order valence-corrected chi connectivity index (χ4v) is 2.34. The van der Waals surface area contributed by atoms with Gasteiger partial charge in [0, 0.05) is 25.3 Å². The zero-order valence-electron chi connectivity index (χ0n) is 11.2. The lowest BCUT2D eigenvalue weighted by atomic mass is 10.1. The second-order valence-corrected chi connectivity index (χ2v) is 5.06. The number of hydrogen-bond acceptors (Lipinski definition) is 3. The van der Waals surface area contributed by atoms with Crippen LogP contribution in [-0.4, -0.2) is 43.0 Å². The number of nitrogens with zero attached hydrogens (tertiary/aromatic N) is 1. The maximum atomic E-state index is 12.2. The van der Waals surface area contributed by atoms with Crippen molar-refractivity contribution in [3.63, 3.8) is 0 Å². The first kappa shape index (κ1) is 13.2. The number of ether oxygens (including phenoxy) is 1. The number of hydrogen-bond donors (Lipinski definition) is 0. The van der Waals surface area contributed by atoms with Crippen LogP contribution < -0.4 is 0 Å². The van der Waals surface area contributed by atoms with E-state index in [1.807, 2.05) is 31.2 Å².